The Hall–Kier alpha value is -1.37. The zero-order valence-corrected chi connectivity index (χ0v) is 6.70. The van der Waals surface area contributed by atoms with Crippen molar-refractivity contribution in [2.45, 2.75) is 26.8 Å². The van der Waals surface area contributed by atoms with Crippen LogP contribution in [0.4, 0.5) is 0 Å². The van der Waals surface area contributed by atoms with Crippen LogP contribution in [0.3, 0.4) is 0 Å². The lowest BCUT2D eigenvalue weighted by molar-refractivity contribution is 0.620. The van der Waals surface area contributed by atoms with Crippen molar-refractivity contribution in [2.24, 2.45) is 0 Å². The van der Waals surface area contributed by atoms with Crippen LogP contribution in [0, 0.1) is 11.3 Å². The maximum Gasteiger partial charge on any atom is 0.161 e. The summed E-state index contributed by atoms with van der Waals surface area (Å²) in [4.78, 5) is 0. The highest BCUT2D eigenvalue weighted by Gasteiger charge is 2.07. The topological polar surface area (TPSA) is 54.5 Å². The summed E-state index contributed by atoms with van der Waals surface area (Å²) in [6.07, 6.45) is 0.767. The molecule has 0 aliphatic rings. The molecule has 4 heteroatoms. The Morgan fingerprint density at radius 1 is 1.55 bits per heavy atom. The largest absolute Gasteiger partial charge is 0.235 e. The molecule has 0 aromatic carbocycles. The van der Waals surface area contributed by atoms with Crippen molar-refractivity contribution >= 4 is 0 Å². The van der Waals surface area contributed by atoms with E-state index in [1.807, 2.05) is 13.8 Å². The first-order chi connectivity index (χ1) is 5.33. The van der Waals surface area contributed by atoms with E-state index in [4.69, 9.17) is 5.26 Å². The average Bonchev–Trinajstić information content (AvgIpc) is 2.45. The molecule has 0 unspecified atom stereocenters. The van der Waals surface area contributed by atoms with Gasteiger partial charge in [-0.25, -0.2) is 4.68 Å². The molecule has 1 rings (SSSR count). The minimum atomic E-state index is 0.593. The lowest BCUT2D eigenvalue weighted by Gasteiger charge is -1.93. The summed E-state index contributed by atoms with van der Waals surface area (Å²) in [7, 11) is 0. The van der Waals surface area contributed by atoms with Gasteiger partial charge in [-0.05, 0) is 13.3 Å². The number of nitriles is 1. The summed E-state index contributed by atoms with van der Waals surface area (Å²) in [6, 6.07) is 2.08. The second-order valence-electron chi connectivity index (χ2n) is 2.17. The van der Waals surface area contributed by atoms with Crippen LogP contribution in [0.25, 0.3) is 0 Å². The minimum absolute atomic E-state index is 0.593. The number of aromatic nitrogens is 3. The quantitative estimate of drug-likeness (QED) is 0.624. The molecule has 1 aromatic heterocycles. The summed E-state index contributed by atoms with van der Waals surface area (Å²) in [6.45, 7) is 4.61. The summed E-state index contributed by atoms with van der Waals surface area (Å²) in [5, 5.41) is 16.4. The van der Waals surface area contributed by atoms with Crippen LogP contribution in [0.1, 0.15) is 25.2 Å². The zero-order valence-electron chi connectivity index (χ0n) is 6.70. The van der Waals surface area contributed by atoms with E-state index in [9.17, 15) is 0 Å². The van der Waals surface area contributed by atoms with E-state index in [1.54, 1.807) is 4.68 Å². The van der Waals surface area contributed by atoms with Crippen LogP contribution in [0.5, 0.6) is 0 Å². The van der Waals surface area contributed by atoms with Crippen molar-refractivity contribution in [3.05, 3.63) is 11.4 Å². The molecule has 0 aliphatic heterocycles. The minimum Gasteiger partial charge on any atom is -0.235 e. The number of nitrogens with zero attached hydrogens (tertiary/aromatic N) is 4. The second kappa shape index (κ2) is 3.15. The van der Waals surface area contributed by atoms with E-state index in [0.717, 1.165) is 12.1 Å². The molecule has 0 aliphatic carbocycles. The van der Waals surface area contributed by atoms with Gasteiger partial charge in [-0.3, -0.25) is 0 Å². The van der Waals surface area contributed by atoms with E-state index in [1.165, 1.54) is 0 Å². The summed E-state index contributed by atoms with van der Waals surface area (Å²) in [5.41, 5.74) is 1.38. The van der Waals surface area contributed by atoms with Crippen molar-refractivity contribution in [3.63, 3.8) is 0 Å². The maximum atomic E-state index is 8.70. The molecule has 0 saturated carbocycles. The molecular formula is C7H10N4. The molecule has 0 saturated heterocycles. The third-order valence-electron chi connectivity index (χ3n) is 1.55. The van der Waals surface area contributed by atoms with Gasteiger partial charge in [0.15, 0.2) is 5.69 Å². The Balaban J connectivity index is 3.12. The molecule has 0 atom stereocenters. The van der Waals surface area contributed by atoms with Crippen molar-refractivity contribution in [1.29, 1.82) is 5.26 Å². The van der Waals surface area contributed by atoms with Gasteiger partial charge in [0.2, 0.25) is 0 Å². The van der Waals surface area contributed by atoms with Gasteiger partial charge in [-0.2, -0.15) is 5.26 Å². The Labute approximate surface area is 65.4 Å². The zero-order chi connectivity index (χ0) is 8.27. The van der Waals surface area contributed by atoms with Gasteiger partial charge in [0, 0.05) is 6.54 Å². The van der Waals surface area contributed by atoms with Crippen LogP contribution in [0.15, 0.2) is 0 Å². The Kier molecular flexibility index (Phi) is 2.21. The van der Waals surface area contributed by atoms with Crippen molar-refractivity contribution in [1.82, 2.24) is 15.0 Å². The van der Waals surface area contributed by atoms with Crippen molar-refractivity contribution < 1.29 is 0 Å². The first-order valence-corrected chi connectivity index (χ1v) is 3.65. The predicted molar refractivity (Wildman–Crippen MR) is 39.8 cm³/mol. The lowest BCUT2D eigenvalue weighted by Crippen LogP contribution is -2.00. The number of hydrogen-bond donors (Lipinski definition) is 0. The van der Waals surface area contributed by atoms with Gasteiger partial charge in [-0.1, -0.05) is 12.1 Å². The smallest absolute Gasteiger partial charge is 0.161 e. The average molecular weight is 150 g/mol. The molecule has 0 fully saturated rings. The fourth-order valence-electron chi connectivity index (χ4n) is 0.931. The standard InChI is InChI=1S/C7H10N4/c1-3-6-7(5-8)11(4-2)10-9-6/h3-4H2,1-2H3. The van der Waals surface area contributed by atoms with Crippen molar-refractivity contribution in [3.8, 4) is 6.07 Å². The molecule has 58 valence electrons. The van der Waals surface area contributed by atoms with Crippen LogP contribution in [-0.2, 0) is 13.0 Å². The maximum absolute atomic E-state index is 8.70. The van der Waals surface area contributed by atoms with E-state index in [0.29, 0.717) is 12.2 Å². The third kappa shape index (κ3) is 1.22. The monoisotopic (exact) mass is 150 g/mol. The number of rotatable bonds is 2. The highest BCUT2D eigenvalue weighted by molar-refractivity contribution is 5.24. The van der Waals surface area contributed by atoms with Gasteiger partial charge < -0.3 is 0 Å². The highest BCUT2D eigenvalue weighted by Crippen LogP contribution is 2.03. The Morgan fingerprint density at radius 2 is 2.27 bits per heavy atom. The first-order valence-electron chi connectivity index (χ1n) is 3.65. The van der Waals surface area contributed by atoms with Gasteiger partial charge in [0.25, 0.3) is 0 Å². The number of hydrogen-bond acceptors (Lipinski definition) is 3. The SMILES string of the molecule is CCc1nnn(CC)c1C#N. The van der Waals surface area contributed by atoms with Crippen LogP contribution >= 0.6 is 0 Å². The fraction of sp³-hybridized carbons (Fsp3) is 0.571. The first kappa shape index (κ1) is 7.73. The van der Waals surface area contributed by atoms with Gasteiger partial charge in [-0.15, -0.1) is 5.10 Å². The van der Waals surface area contributed by atoms with Gasteiger partial charge in [0.05, 0.1) is 0 Å². The molecule has 0 radical (unpaired) electrons. The summed E-state index contributed by atoms with van der Waals surface area (Å²) in [5.74, 6) is 0. The molecule has 1 heterocycles. The molecule has 0 bridgehead atoms. The fourth-order valence-corrected chi connectivity index (χ4v) is 0.931. The van der Waals surface area contributed by atoms with E-state index in [-0.39, 0.29) is 0 Å². The van der Waals surface area contributed by atoms with E-state index >= 15 is 0 Å². The highest BCUT2D eigenvalue weighted by atomic mass is 15.4. The predicted octanol–water partition coefficient (Wildman–Crippen LogP) is 0.732. The summed E-state index contributed by atoms with van der Waals surface area (Å²) >= 11 is 0. The molecule has 0 amide bonds. The molecule has 0 N–H and O–H groups in total. The van der Waals surface area contributed by atoms with Crippen LogP contribution < -0.4 is 0 Å². The van der Waals surface area contributed by atoms with E-state index < -0.39 is 0 Å². The molecule has 11 heavy (non-hydrogen) atoms. The van der Waals surface area contributed by atoms with Gasteiger partial charge >= 0.3 is 0 Å². The lowest BCUT2D eigenvalue weighted by atomic mass is 10.3. The number of aryl methyl sites for hydroxylation is 2. The molecular weight excluding hydrogens is 140 g/mol. The van der Waals surface area contributed by atoms with Gasteiger partial charge in [0.1, 0.15) is 11.8 Å². The Bertz CT molecular complexity index is 260. The van der Waals surface area contributed by atoms with Crippen molar-refractivity contribution in [2.75, 3.05) is 0 Å². The third-order valence-corrected chi connectivity index (χ3v) is 1.55. The second-order valence-corrected chi connectivity index (χ2v) is 2.17. The molecule has 0 spiro atoms. The Morgan fingerprint density at radius 3 is 2.73 bits per heavy atom. The normalized spacial score (nSPS) is 9.55. The van der Waals surface area contributed by atoms with Crippen LogP contribution in [0.2, 0.25) is 0 Å². The molecule has 1 aromatic rings. The van der Waals surface area contributed by atoms with E-state index in [2.05, 4.69) is 16.4 Å². The summed E-state index contributed by atoms with van der Waals surface area (Å²) < 4.78 is 1.61. The molecule has 4 nitrogen and oxygen atoms in total. The van der Waals surface area contributed by atoms with Crippen LogP contribution in [-0.4, -0.2) is 15.0 Å².